The Balaban J connectivity index is 3.70. The Morgan fingerprint density at radius 3 is 2.69 bits per heavy atom. The number of hydrogen-bond donors (Lipinski definition) is 1. The normalized spacial score (nSPS) is 10.2. The Kier molecular flexibility index (Phi) is 7.63. The number of nitrogens with one attached hydrogen (secondary N) is 1. The summed E-state index contributed by atoms with van der Waals surface area (Å²) < 4.78 is 0. The van der Waals surface area contributed by atoms with Crippen molar-refractivity contribution in [2.24, 2.45) is 0 Å². The van der Waals surface area contributed by atoms with Gasteiger partial charge in [-0.3, -0.25) is 0 Å². The van der Waals surface area contributed by atoms with Gasteiger partial charge in [0.05, 0.1) is 12.1 Å². The molecule has 0 saturated heterocycles. The fourth-order valence-electron chi connectivity index (χ4n) is 0.946. The van der Waals surface area contributed by atoms with Crippen molar-refractivity contribution in [2.45, 2.75) is 32.6 Å². The predicted molar refractivity (Wildman–Crippen MR) is 51.5 cm³/mol. The lowest BCUT2D eigenvalue weighted by atomic mass is 10.1. The number of hydrogen-bond acceptors (Lipinski definition) is 3. The summed E-state index contributed by atoms with van der Waals surface area (Å²) in [5.41, 5.74) is 0.726. The lowest BCUT2D eigenvalue weighted by Crippen LogP contribution is -2.05. The second-order valence-corrected chi connectivity index (χ2v) is 2.78. The predicted octanol–water partition coefficient (Wildman–Crippen LogP) is 2.09. The summed E-state index contributed by atoms with van der Waals surface area (Å²) in [5, 5.41) is 19.7. The highest BCUT2D eigenvalue weighted by Crippen LogP contribution is 2.06. The van der Waals surface area contributed by atoms with E-state index in [9.17, 15) is 0 Å². The lowest BCUT2D eigenvalue weighted by molar-refractivity contribution is 0.717. The standard InChI is InChI=1S/C10H15N3/c1-2-3-4-5-10(8-12)9-13-7-6-11/h9,13H,2-5,7H2,1H3. The number of unbranched alkanes of at least 4 members (excludes halogenated alkanes) is 2. The number of nitrogens with zero attached hydrogens (tertiary/aromatic N) is 2. The summed E-state index contributed by atoms with van der Waals surface area (Å²) in [7, 11) is 0. The average Bonchev–Trinajstić information content (AvgIpc) is 2.16. The quantitative estimate of drug-likeness (QED) is 0.384. The molecule has 0 heterocycles. The first-order valence-electron chi connectivity index (χ1n) is 4.54. The molecular formula is C10H15N3. The number of nitriles is 2. The van der Waals surface area contributed by atoms with Crippen molar-refractivity contribution in [3.05, 3.63) is 11.8 Å². The molecule has 0 aliphatic carbocycles. The van der Waals surface area contributed by atoms with Gasteiger partial charge < -0.3 is 5.32 Å². The van der Waals surface area contributed by atoms with Gasteiger partial charge in [-0.1, -0.05) is 19.8 Å². The molecule has 0 bridgehead atoms. The molecule has 0 aromatic heterocycles. The van der Waals surface area contributed by atoms with Crippen LogP contribution in [0.5, 0.6) is 0 Å². The highest BCUT2D eigenvalue weighted by atomic mass is 14.8. The van der Waals surface area contributed by atoms with Crippen LogP contribution in [-0.2, 0) is 0 Å². The fraction of sp³-hybridized carbons (Fsp3) is 0.600. The van der Waals surface area contributed by atoms with Crippen molar-refractivity contribution >= 4 is 0 Å². The molecule has 0 fully saturated rings. The Hall–Kier alpha value is -1.48. The van der Waals surface area contributed by atoms with Crippen LogP contribution in [0.15, 0.2) is 11.8 Å². The van der Waals surface area contributed by atoms with E-state index in [4.69, 9.17) is 10.5 Å². The third-order valence-corrected chi connectivity index (χ3v) is 1.65. The zero-order valence-electron chi connectivity index (χ0n) is 8.01. The maximum atomic E-state index is 8.68. The largest absolute Gasteiger partial charge is 0.377 e. The molecule has 0 radical (unpaired) electrons. The summed E-state index contributed by atoms with van der Waals surface area (Å²) in [6, 6.07) is 4.06. The van der Waals surface area contributed by atoms with Gasteiger partial charge in [0.15, 0.2) is 0 Å². The van der Waals surface area contributed by atoms with E-state index in [1.807, 2.05) is 6.07 Å². The van der Waals surface area contributed by atoms with E-state index >= 15 is 0 Å². The minimum absolute atomic E-state index is 0.263. The van der Waals surface area contributed by atoms with E-state index in [2.05, 4.69) is 18.3 Å². The minimum Gasteiger partial charge on any atom is -0.377 e. The lowest BCUT2D eigenvalue weighted by Gasteiger charge is -1.97. The van der Waals surface area contributed by atoms with Crippen LogP contribution in [0.3, 0.4) is 0 Å². The molecule has 70 valence electrons. The van der Waals surface area contributed by atoms with Crippen LogP contribution in [0.25, 0.3) is 0 Å². The van der Waals surface area contributed by atoms with Crippen LogP contribution in [0.4, 0.5) is 0 Å². The maximum Gasteiger partial charge on any atom is 0.102 e. The smallest absolute Gasteiger partial charge is 0.102 e. The third-order valence-electron chi connectivity index (χ3n) is 1.65. The minimum atomic E-state index is 0.263. The van der Waals surface area contributed by atoms with E-state index in [-0.39, 0.29) is 6.54 Å². The van der Waals surface area contributed by atoms with Gasteiger partial charge in [0.1, 0.15) is 6.54 Å². The van der Waals surface area contributed by atoms with Crippen molar-refractivity contribution in [1.29, 1.82) is 10.5 Å². The van der Waals surface area contributed by atoms with E-state index in [1.54, 1.807) is 6.20 Å². The molecule has 0 unspecified atom stereocenters. The van der Waals surface area contributed by atoms with Crippen molar-refractivity contribution in [2.75, 3.05) is 6.54 Å². The van der Waals surface area contributed by atoms with Crippen LogP contribution in [0, 0.1) is 22.7 Å². The van der Waals surface area contributed by atoms with Crippen molar-refractivity contribution in [1.82, 2.24) is 5.32 Å². The van der Waals surface area contributed by atoms with Crippen LogP contribution in [-0.4, -0.2) is 6.54 Å². The molecule has 0 aromatic rings. The Labute approximate surface area is 79.7 Å². The first kappa shape index (κ1) is 11.5. The molecule has 0 atom stereocenters. The molecule has 0 amide bonds. The molecule has 3 nitrogen and oxygen atoms in total. The molecule has 0 saturated carbocycles. The van der Waals surface area contributed by atoms with E-state index in [0.29, 0.717) is 0 Å². The zero-order valence-corrected chi connectivity index (χ0v) is 8.01. The van der Waals surface area contributed by atoms with Gasteiger partial charge in [-0.05, 0) is 12.8 Å². The summed E-state index contributed by atoms with van der Waals surface area (Å²) >= 11 is 0. The van der Waals surface area contributed by atoms with Gasteiger partial charge in [0.25, 0.3) is 0 Å². The Morgan fingerprint density at radius 1 is 1.38 bits per heavy atom. The first-order chi connectivity index (χ1) is 6.35. The first-order valence-corrected chi connectivity index (χ1v) is 4.54. The molecule has 3 heteroatoms. The molecule has 0 rings (SSSR count). The van der Waals surface area contributed by atoms with Gasteiger partial charge in [-0.2, -0.15) is 10.5 Å². The van der Waals surface area contributed by atoms with Crippen LogP contribution in [0.2, 0.25) is 0 Å². The van der Waals surface area contributed by atoms with Gasteiger partial charge in [-0.15, -0.1) is 0 Å². The molecule has 0 aliphatic heterocycles. The van der Waals surface area contributed by atoms with Gasteiger partial charge in [0, 0.05) is 11.8 Å². The molecule has 13 heavy (non-hydrogen) atoms. The average molecular weight is 177 g/mol. The topological polar surface area (TPSA) is 59.6 Å². The third kappa shape index (κ3) is 6.90. The maximum absolute atomic E-state index is 8.68. The van der Waals surface area contributed by atoms with Gasteiger partial charge in [0.2, 0.25) is 0 Å². The van der Waals surface area contributed by atoms with E-state index < -0.39 is 0 Å². The van der Waals surface area contributed by atoms with Crippen LogP contribution < -0.4 is 5.32 Å². The molecule has 1 N–H and O–H groups in total. The molecule has 0 aromatic carbocycles. The summed E-state index contributed by atoms with van der Waals surface area (Å²) in [6.07, 6.45) is 5.80. The van der Waals surface area contributed by atoms with Gasteiger partial charge in [-0.25, -0.2) is 0 Å². The van der Waals surface area contributed by atoms with Crippen molar-refractivity contribution in [3.8, 4) is 12.1 Å². The van der Waals surface area contributed by atoms with E-state index in [1.165, 1.54) is 0 Å². The summed E-state index contributed by atoms with van der Waals surface area (Å²) in [6.45, 7) is 2.39. The van der Waals surface area contributed by atoms with Gasteiger partial charge >= 0.3 is 0 Å². The summed E-state index contributed by atoms with van der Waals surface area (Å²) in [5.74, 6) is 0. The second kappa shape index (κ2) is 8.62. The zero-order chi connectivity index (χ0) is 9.94. The number of rotatable bonds is 6. The molecule has 0 spiro atoms. The Morgan fingerprint density at radius 2 is 2.15 bits per heavy atom. The number of allylic oxidation sites excluding steroid dienone is 1. The second-order valence-electron chi connectivity index (χ2n) is 2.78. The fourth-order valence-corrected chi connectivity index (χ4v) is 0.946. The monoisotopic (exact) mass is 177 g/mol. The molecule has 0 aliphatic rings. The SMILES string of the molecule is CCCCCC(C#N)=CNCC#N. The van der Waals surface area contributed by atoms with Crippen LogP contribution >= 0.6 is 0 Å². The molecular weight excluding hydrogens is 162 g/mol. The Bertz CT molecular complexity index is 230. The summed E-state index contributed by atoms with van der Waals surface area (Å²) in [4.78, 5) is 0. The van der Waals surface area contributed by atoms with Crippen molar-refractivity contribution < 1.29 is 0 Å². The highest BCUT2D eigenvalue weighted by molar-refractivity contribution is 5.19. The van der Waals surface area contributed by atoms with E-state index in [0.717, 1.165) is 31.3 Å². The van der Waals surface area contributed by atoms with Crippen LogP contribution in [0.1, 0.15) is 32.6 Å². The highest BCUT2D eigenvalue weighted by Gasteiger charge is 1.94. The van der Waals surface area contributed by atoms with Crippen molar-refractivity contribution in [3.63, 3.8) is 0 Å².